The third-order valence-electron chi connectivity index (χ3n) is 9.11. The average molecular weight is 555 g/mol. The van der Waals surface area contributed by atoms with Gasteiger partial charge in [0.05, 0.1) is 0 Å². The molecule has 4 aromatic carbocycles. The van der Waals surface area contributed by atoms with Crippen molar-refractivity contribution in [2.24, 2.45) is 0 Å². The zero-order valence-electron chi connectivity index (χ0n) is 24.1. The molecular formula is C38H38N2O2. The number of anilines is 2. The lowest BCUT2D eigenvalue weighted by Crippen LogP contribution is -2.30. The number of piperidine rings is 2. The van der Waals surface area contributed by atoms with Crippen LogP contribution >= 0.6 is 0 Å². The van der Waals surface area contributed by atoms with Gasteiger partial charge in [0.1, 0.15) is 0 Å². The molecule has 0 amide bonds. The Morgan fingerprint density at radius 2 is 0.810 bits per heavy atom. The molecule has 0 aliphatic carbocycles. The van der Waals surface area contributed by atoms with E-state index in [1.54, 1.807) is 0 Å². The van der Waals surface area contributed by atoms with E-state index < -0.39 is 11.2 Å². The highest BCUT2D eigenvalue weighted by atomic mass is 16.3. The minimum Gasteiger partial charge on any atom is -0.372 e. The largest absolute Gasteiger partial charge is 0.372 e. The average Bonchev–Trinajstić information content (AvgIpc) is 3.08. The molecule has 4 heteroatoms. The summed E-state index contributed by atoms with van der Waals surface area (Å²) < 4.78 is 0. The Hall–Kier alpha value is -4.22. The SMILES string of the molecule is C#CC(O)(c1ccc(N2CCCCC2)cc1)c1ccc2cc(C(O)(C#C)c3ccc(N4CCCCC4)cc3)ccc2c1. The van der Waals surface area contributed by atoms with Crippen LogP contribution in [-0.4, -0.2) is 36.4 Å². The number of benzene rings is 4. The van der Waals surface area contributed by atoms with Crippen LogP contribution in [0.5, 0.6) is 0 Å². The van der Waals surface area contributed by atoms with Gasteiger partial charge < -0.3 is 20.0 Å². The van der Waals surface area contributed by atoms with Gasteiger partial charge in [0.25, 0.3) is 0 Å². The van der Waals surface area contributed by atoms with Crippen molar-refractivity contribution in [2.45, 2.75) is 49.7 Å². The Morgan fingerprint density at radius 3 is 1.14 bits per heavy atom. The van der Waals surface area contributed by atoms with Gasteiger partial charge in [-0.1, -0.05) is 60.4 Å². The van der Waals surface area contributed by atoms with E-state index in [1.165, 1.54) is 38.5 Å². The molecular weight excluding hydrogens is 516 g/mol. The zero-order chi connectivity index (χ0) is 29.2. The zero-order valence-corrected chi connectivity index (χ0v) is 24.1. The second-order valence-electron chi connectivity index (χ2n) is 11.7. The normalized spacial score (nSPS) is 18.5. The van der Waals surface area contributed by atoms with Crippen LogP contribution in [0, 0.1) is 24.7 Å². The van der Waals surface area contributed by atoms with Gasteiger partial charge in [0, 0.05) is 59.8 Å². The third kappa shape index (κ3) is 5.14. The lowest BCUT2D eigenvalue weighted by molar-refractivity contribution is 0.145. The fourth-order valence-corrected chi connectivity index (χ4v) is 6.49. The molecule has 0 saturated carbocycles. The van der Waals surface area contributed by atoms with Crippen molar-refractivity contribution in [3.05, 3.63) is 107 Å². The standard InChI is InChI=1S/C38H38N2O2/c1-3-37(41,31-15-19-35(20-16-31)39-23-7-5-8-24-39)33-13-11-30-28-34(14-12-29(30)27-33)38(42,4-2)32-17-21-36(22-18-32)40-25-9-6-10-26-40/h1-2,11-22,27-28,41-42H,5-10,23-26H2. The Labute approximate surface area is 249 Å². The molecule has 2 heterocycles. The van der Waals surface area contributed by atoms with Crippen molar-refractivity contribution in [2.75, 3.05) is 36.0 Å². The highest BCUT2D eigenvalue weighted by molar-refractivity contribution is 5.85. The summed E-state index contributed by atoms with van der Waals surface area (Å²) in [7, 11) is 0. The topological polar surface area (TPSA) is 46.9 Å². The molecule has 2 fully saturated rings. The first-order chi connectivity index (χ1) is 20.4. The lowest BCUT2D eigenvalue weighted by Gasteiger charge is -2.30. The van der Waals surface area contributed by atoms with Crippen molar-refractivity contribution >= 4 is 22.1 Å². The van der Waals surface area contributed by atoms with Crippen LogP contribution in [0.2, 0.25) is 0 Å². The number of fused-ring (bicyclic) bond motifs is 1. The fraction of sp³-hybridized carbons (Fsp3) is 0.316. The predicted octanol–water partition coefficient (Wildman–Crippen LogP) is 6.56. The first kappa shape index (κ1) is 27.9. The number of terminal acetylenes is 2. The monoisotopic (exact) mass is 554 g/mol. The molecule has 2 N–H and O–H groups in total. The summed E-state index contributed by atoms with van der Waals surface area (Å²) in [5, 5.41) is 25.2. The van der Waals surface area contributed by atoms with Gasteiger partial charge in [-0.3, -0.25) is 0 Å². The maximum atomic E-state index is 11.7. The van der Waals surface area contributed by atoms with Gasteiger partial charge in [-0.25, -0.2) is 0 Å². The van der Waals surface area contributed by atoms with E-state index in [9.17, 15) is 10.2 Å². The molecule has 212 valence electrons. The number of aliphatic hydroxyl groups is 2. The van der Waals surface area contributed by atoms with Crippen molar-refractivity contribution in [1.29, 1.82) is 0 Å². The van der Waals surface area contributed by atoms with E-state index in [0.29, 0.717) is 22.3 Å². The van der Waals surface area contributed by atoms with Gasteiger partial charge in [-0.15, -0.1) is 12.8 Å². The molecule has 2 atom stereocenters. The first-order valence-corrected chi connectivity index (χ1v) is 15.1. The second-order valence-corrected chi connectivity index (χ2v) is 11.7. The maximum absolute atomic E-state index is 11.7. The molecule has 4 nitrogen and oxygen atoms in total. The van der Waals surface area contributed by atoms with E-state index in [4.69, 9.17) is 12.8 Å². The molecule has 42 heavy (non-hydrogen) atoms. The highest BCUT2D eigenvalue weighted by Gasteiger charge is 2.32. The molecule has 2 aliphatic heterocycles. The van der Waals surface area contributed by atoms with E-state index in [-0.39, 0.29) is 0 Å². The molecule has 0 bridgehead atoms. The number of rotatable bonds is 6. The highest BCUT2D eigenvalue weighted by Crippen LogP contribution is 2.36. The maximum Gasteiger partial charge on any atom is 0.176 e. The number of hydrogen-bond donors (Lipinski definition) is 2. The van der Waals surface area contributed by atoms with Crippen LogP contribution in [0.1, 0.15) is 60.8 Å². The van der Waals surface area contributed by atoms with E-state index in [2.05, 4.69) is 45.9 Å². The number of nitrogens with zero attached hydrogens (tertiary/aromatic N) is 2. The van der Waals surface area contributed by atoms with Gasteiger partial charge >= 0.3 is 0 Å². The minimum atomic E-state index is -1.57. The van der Waals surface area contributed by atoms with Crippen LogP contribution in [0.3, 0.4) is 0 Å². The molecule has 0 aromatic heterocycles. The van der Waals surface area contributed by atoms with Crippen molar-refractivity contribution in [3.8, 4) is 24.7 Å². The van der Waals surface area contributed by atoms with Crippen LogP contribution < -0.4 is 9.80 Å². The van der Waals surface area contributed by atoms with Crippen LogP contribution in [0.15, 0.2) is 84.9 Å². The fourth-order valence-electron chi connectivity index (χ4n) is 6.49. The molecule has 6 rings (SSSR count). The first-order valence-electron chi connectivity index (χ1n) is 15.1. The van der Waals surface area contributed by atoms with E-state index >= 15 is 0 Å². The van der Waals surface area contributed by atoms with E-state index in [1.807, 2.05) is 60.7 Å². The summed E-state index contributed by atoms with van der Waals surface area (Å²) in [5.41, 5.74) is 1.75. The van der Waals surface area contributed by atoms with Gasteiger partial charge in [-0.05, 0) is 85.7 Å². The molecule has 0 spiro atoms. The molecule has 0 radical (unpaired) electrons. The van der Waals surface area contributed by atoms with E-state index in [0.717, 1.165) is 48.3 Å². The Balaban J connectivity index is 1.27. The third-order valence-corrected chi connectivity index (χ3v) is 9.11. The summed E-state index contributed by atoms with van der Waals surface area (Å²) >= 11 is 0. The number of hydrogen-bond acceptors (Lipinski definition) is 4. The quantitative estimate of drug-likeness (QED) is 0.265. The molecule has 2 aliphatic rings. The molecule has 2 unspecified atom stereocenters. The second kappa shape index (κ2) is 11.6. The minimum absolute atomic E-state index is 0.622. The molecule has 4 aromatic rings. The summed E-state index contributed by atoms with van der Waals surface area (Å²) in [4.78, 5) is 4.77. The van der Waals surface area contributed by atoms with Gasteiger partial charge in [0.15, 0.2) is 11.2 Å². The summed E-state index contributed by atoms with van der Waals surface area (Å²) in [6.45, 7) is 4.24. The summed E-state index contributed by atoms with van der Waals surface area (Å²) in [6.07, 6.45) is 19.3. The Bertz CT molecular complexity index is 1510. The summed E-state index contributed by atoms with van der Waals surface area (Å²) in [6, 6.07) is 27.3. The van der Waals surface area contributed by atoms with Crippen molar-refractivity contribution in [3.63, 3.8) is 0 Å². The van der Waals surface area contributed by atoms with Crippen molar-refractivity contribution < 1.29 is 10.2 Å². The predicted molar refractivity (Wildman–Crippen MR) is 173 cm³/mol. The van der Waals surface area contributed by atoms with Gasteiger partial charge in [-0.2, -0.15) is 0 Å². The summed E-state index contributed by atoms with van der Waals surface area (Å²) in [5.74, 6) is 5.28. The van der Waals surface area contributed by atoms with Crippen molar-refractivity contribution in [1.82, 2.24) is 0 Å². The Morgan fingerprint density at radius 1 is 0.476 bits per heavy atom. The Kier molecular flexibility index (Phi) is 7.70. The van der Waals surface area contributed by atoms with Crippen LogP contribution in [0.4, 0.5) is 11.4 Å². The van der Waals surface area contributed by atoms with Crippen LogP contribution in [0.25, 0.3) is 10.8 Å². The smallest absolute Gasteiger partial charge is 0.176 e. The molecule has 2 saturated heterocycles. The van der Waals surface area contributed by atoms with Gasteiger partial charge in [0.2, 0.25) is 0 Å². The lowest BCUT2D eigenvalue weighted by atomic mass is 9.83. The van der Waals surface area contributed by atoms with Crippen LogP contribution in [-0.2, 0) is 11.2 Å².